The van der Waals surface area contributed by atoms with Crippen LogP contribution in [-0.4, -0.2) is 4.57 Å². The molecule has 0 aliphatic heterocycles. The molecule has 1 unspecified atom stereocenters. The second-order valence-electron chi connectivity index (χ2n) is 6.75. The molecule has 2 nitrogen and oxygen atoms in total. The standard InChI is InChI=1S/C15H26N2/c1-11(2)5-7-17-8-6-12-13(16)9-15(3,4)10-14(12)17/h6,8,11,13H,5,7,9-10,16H2,1-4H3. The van der Waals surface area contributed by atoms with E-state index in [2.05, 4.69) is 44.5 Å². The quantitative estimate of drug-likeness (QED) is 0.852. The molecular formula is C15H26N2. The van der Waals surface area contributed by atoms with Crippen molar-refractivity contribution >= 4 is 0 Å². The van der Waals surface area contributed by atoms with Crippen LogP contribution in [-0.2, 0) is 13.0 Å². The van der Waals surface area contributed by atoms with E-state index in [1.165, 1.54) is 24.1 Å². The first-order chi connectivity index (χ1) is 7.89. The average Bonchev–Trinajstić information content (AvgIpc) is 2.56. The van der Waals surface area contributed by atoms with E-state index in [4.69, 9.17) is 5.73 Å². The Morgan fingerprint density at radius 3 is 2.82 bits per heavy atom. The molecule has 0 aromatic carbocycles. The minimum Gasteiger partial charge on any atom is -0.351 e. The smallest absolute Gasteiger partial charge is 0.0318 e. The van der Waals surface area contributed by atoms with E-state index < -0.39 is 0 Å². The van der Waals surface area contributed by atoms with Crippen LogP contribution in [0.2, 0.25) is 0 Å². The number of nitrogens with zero attached hydrogens (tertiary/aromatic N) is 1. The molecule has 0 bridgehead atoms. The van der Waals surface area contributed by atoms with Crippen molar-refractivity contribution in [3.8, 4) is 0 Å². The van der Waals surface area contributed by atoms with E-state index in [0.717, 1.165) is 18.9 Å². The van der Waals surface area contributed by atoms with Crippen LogP contribution in [0.5, 0.6) is 0 Å². The van der Waals surface area contributed by atoms with E-state index in [-0.39, 0.29) is 6.04 Å². The van der Waals surface area contributed by atoms with Gasteiger partial charge < -0.3 is 10.3 Å². The third-order valence-electron chi connectivity index (χ3n) is 3.88. The molecule has 0 spiro atoms. The lowest BCUT2D eigenvalue weighted by atomic mass is 9.74. The summed E-state index contributed by atoms with van der Waals surface area (Å²) in [4.78, 5) is 0. The van der Waals surface area contributed by atoms with Crippen LogP contribution in [0.1, 0.15) is 57.8 Å². The highest BCUT2D eigenvalue weighted by Crippen LogP contribution is 2.40. The van der Waals surface area contributed by atoms with Gasteiger partial charge in [-0.3, -0.25) is 0 Å². The monoisotopic (exact) mass is 234 g/mol. The minimum absolute atomic E-state index is 0.231. The number of hydrogen-bond donors (Lipinski definition) is 1. The summed E-state index contributed by atoms with van der Waals surface area (Å²) >= 11 is 0. The summed E-state index contributed by atoms with van der Waals surface area (Å²) in [6, 6.07) is 2.46. The van der Waals surface area contributed by atoms with Crippen molar-refractivity contribution in [3.63, 3.8) is 0 Å². The zero-order chi connectivity index (χ0) is 12.6. The van der Waals surface area contributed by atoms with E-state index >= 15 is 0 Å². The first kappa shape index (κ1) is 12.7. The maximum Gasteiger partial charge on any atom is 0.0318 e. The summed E-state index contributed by atoms with van der Waals surface area (Å²) in [5.74, 6) is 0.762. The Morgan fingerprint density at radius 1 is 1.47 bits per heavy atom. The predicted molar refractivity (Wildman–Crippen MR) is 72.9 cm³/mol. The zero-order valence-electron chi connectivity index (χ0n) is 11.7. The lowest BCUT2D eigenvalue weighted by Crippen LogP contribution is -2.30. The Hall–Kier alpha value is -0.760. The molecule has 1 atom stereocenters. The van der Waals surface area contributed by atoms with Gasteiger partial charge in [-0.15, -0.1) is 0 Å². The Morgan fingerprint density at radius 2 is 2.18 bits per heavy atom. The summed E-state index contributed by atoms with van der Waals surface area (Å²) in [5.41, 5.74) is 9.49. The second kappa shape index (κ2) is 4.49. The molecule has 0 saturated heterocycles. The maximum absolute atomic E-state index is 6.28. The van der Waals surface area contributed by atoms with Crippen LogP contribution in [0.4, 0.5) is 0 Å². The SMILES string of the molecule is CC(C)CCn1ccc2c1CC(C)(C)CC2N. The van der Waals surface area contributed by atoms with Crippen molar-refractivity contribution in [1.82, 2.24) is 4.57 Å². The van der Waals surface area contributed by atoms with Crippen molar-refractivity contribution in [2.45, 2.75) is 59.5 Å². The maximum atomic E-state index is 6.28. The molecule has 17 heavy (non-hydrogen) atoms. The summed E-state index contributed by atoms with van der Waals surface area (Å²) in [6.07, 6.45) is 5.75. The third-order valence-corrected chi connectivity index (χ3v) is 3.88. The van der Waals surface area contributed by atoms with Crippen molar-refractivity contribution in [2.75, 3.05) is 0 Å². The van der Waals surface area contributed by atoms with Gasteiger partial charge in [0.2, 0.25) is 0 Å². The molecular weight excluding hydrogens is 208 g/mol. The fourth-order valence-corrected chi connectivity index (χ4v) is 2.90. The van der Waals surface area contributed by atoms with Crippen molar-refractivity contribution in [1.29, 1.82) is 0 Å². The highest BCUT2D eigenvalue weighted by Gasteiger charge is 2.32. The average molecular weight is 234 g/mol. The van der Waals surface area contributed by atoms with Gasteiger partial charge in [-0.25, -0.2) is 0 Å². The van der Waals surface area contributed by atoms with Gasteiger partial charge in [0, 0.05) is 24.5 Å². The van der Waals surface area contributed by atoms with E-state index in [1.54, 1.807) is 0 Å². The van der Waals surface area contributed by atoms with Gasteiger partial charge in [0.05, 0.1) is 0 Å². The van der Waals surface area contributed by atoms with Crippen LogP contribution in [0.3, 0.4) is 0 Å². The van der Waals surface area contributed by atoms with E-state index in [9.17, 15) is 0 Å². The molecule has 2 heteroatoms. The number of rotatable bonds is 3. The van der Waals surface area contributed by atoms with Crippen LogP contribution in [0, 0.1) is 11.3 Å². The summed E-state index contributed by atoms with van der Waals surface area (Å²) in [5, 5.41) is 0. The predicted octanol–water partition coefficient (Wildman–Crippen LogP) is 3.51. The number of aryl methyl sites for hydroxylation is 1. The first-order valence-corrected chi connectivity index (χ1v) is 6.82. The van der Waals surface area contributed by atoms with Gasteiger partial charge in [0.25, 0.3) is 0 Å². The van der Waals surface area contributed by atoms with E-state index in [0.29, 0.717) is 5.41 Å². The van der Waals surface area contributed by atoms with Gasteiger partial charge in [0.15, 0.2) is 0 Å². The van der Waals surface area contributed by atoms with Gasteiger partial charge in [-0.1, -0.05) is 27.7 Å². The van der Waals surface area contributed by atoms with Crippen LogP contribution < -0.4 is 5.73 Å². The summed E-state index contributed by atoms with van der Waals surface area (Å²) in [7, 11) is 0. The fourth-order valence-electron chi connectivity index (χ4n) is 2.90. The largest absolute Gasteiger partial charge is 0.351 e. The molecule has 1 aliphatic rings. The normalized spacial score (nSPS) is 22.8. The molecule has 0 radical (unpaired) electrons. The van der Waals surface area contributed by atoms with Gasteiger partial charge in [-0.05, 0) is 42.2 Å². The second-order valence-corrected chi connectivity index (χ2v) is 6.75. The molecule has 0 fully saturated rings. The Bertz CT molecular complexity index is 388. The van der Waals surface area contributed by atoms with Crippen molar-refractivity contribution in [2.24, 2.45) is 17.1 Å². The Balaban J connectivity index is 2.21. The summed E-state index contributed by atoms with van der Waals surface area (Å²) in [6.45, 7) is 10.4. The zero-order valence-corrected chi connectivity index (χ0v) is 11.7. The number of fused-ring (bicyclic) bond motifs is 1. The van der Waals surface area contributed by atoms with Crippen molar-refractivity contribution in [3.05, 3.63) is 23.5 Å². The molecule has 1 heterocycles. The third kappa shape index (κ3) is 2.74. The van der Waals surface area contributed by atoms with Crippen LogP contribution in [0.15, 0.2) is 12.3 Å². The molecule has 1 aliphatic carbocycles. The lowest BCUT2D eigenvalue weighted by molar-refractivity contribution is 0.274. The minimum atomic E-state index is 0.231. The Kier molecular flexibility index (Phi) is 3.35. The molecule has 96 valence electrons. The van der Waals surface area contributed by atoms with Crippen LogP contribution in [0.25, 0.3) is 0 Å². The molecule has 1 aromatic heterocycles. The number of hydrogen-bond acceptors (Lipinski definition) is 1. The van der Waals surface area contributed by atoms with E-state index in [1.807, 2.05) is 0 Å². The van der Waals surface area contributed by atoms with Gasteiger partial charge >= 0.3 is 0 Å². The number of nitrogens with two attached hydrogens (primary N) is 1. The lowest BCUT2D eigenvalue weighted by Gasteiger charge is -2.34. The molecule has 0 amide bonds. The topological polar surface area (TPSA) is 30.9 Å². The number of aromatic nitrogens is 1. The summed E-state index contributed by atoms with van der Waals surface area (Å²) < 4.78 is 2.43. The van der Waals surface area contributed by atoms with Gasteiger partial charge in [-0.2, -0.15) is 0 Å². The highest BCUT2D eigenvalue weighted by atomic mass is 15.0. The first-order valence-electron chi connectivity index (χ1n) is 6.82. The van der Waals surface area contributed by atoms with Crippen LogP contribution >= 0.6 is 0 Å². The molecule has 1 aromatic rings. The van der Waals surface area contributed by atoms with Gasteiger partial charge in [0.1, 0.15) is 0 Å². The molecule has 2 rings (SSSR count). The highest BCUT2D eigenvalue weighted by molar-refractivity contribution is 5.30. The fraction of sp³-hybridized carbons (Fsp3) is 0.733. The van der Waals surface area contributed by atoms with Crippen molar-refractivity contribution < 1.29 is 0 Å². The Labute approximate surface area is 105 Å². The molecule has 0 saturated carbocycles. The molecule has 2 N–H and O–H groups in total.